The fourth-order valence-corrected chi connectivity index (χ4v) is 4.54. The van der Waals surface area contributed by atoms with Gasteiger partial charge in [0.15, 0.2) is 0 Å². The first-order chi connectivity index (χ1) is 12.4. The van der Waals surface area contributed by atoms with E-state index in [9.17, 15) is 21.6 Å². The Morgan fingerprint density at radius 2 is 1.85 bits per heavy atom. The van der Waals surface area contributed by atoms with Crippen molar-refractivity contribution in [2.45, 2.75) is 38.3 Å². The molecule has 10 heteroatoms. The smallest absolute Gasteiger partial charge is 0.475 e. The molecule has 152 valence electrons. The number of benzene rings is 1. The summed E-state index contributed by atoms with van der Waals surface area (Å²) in [5.41, 5.74) is 4.00. The Hall–Kier alpha value is -1.81. The van der Waals surface area contributed by atoms with Crippen LogP contribution in [0.15, 0.2) is 18.2 Å². The molecule has 27 heavy (non-hydrogen) atoms. The van der Waals surface area contributed by atoms with Crippen molar-refractivity contribution in [2.24, 2.45) is 0 Å². The van der Waals surface area contributed by atoms with Gasteiger partial charge >= 0.3 is 12.1 Å². The summed E-state index contributed by atoms with van der Waals surface area (Å²) in [7, 11) is -3.04. The van der Waals surface area contributed by atoms with Crippen LogP contribution >= 0.6 is 0 Å². The number of aryl methyl sites for hydroxylation is 1. The van der Waals surface area contributed by atoms with Gasteiger partial charge in [-0.1, -0.05) is 17.7 Å². The Bertz CT molecular complexity index is 801. The average molecular weight is 408 g/mol. The average Bonchev–Trinajstić information content (AvgIpc) is 2.93. The van der Waals surface area contributed by atoms with Gasteiger partial charge in [0.05, 0.1) is 5.75 Å². The lowest BCUT2D eigenvalue weighted by Gasteiger charge is -2.38. The second-order valence-corrected chi connectivity index (χ2v) is 9.04. The lowest BCUT2D eigenvalue weighted by molar-refractivity contribution is -0.192. The Morgan fingerprint density at radius 3 is 2.33 bits per heavy atom. The molecule has 2 N–H and O–H groups in total. The zero-order valence-corrected chi connectivity index (χ0v) is 16.0. The third kappa shape index (κ3) is 4.73. The molecule has 1 aromatic carbocycles. The summed E-state index contributed by atoms with van der Waals surface area (Å²) >= 11 is 0. The van der Waals surface area contributed by atoms with Crippen molar-refractivity contribution >= 4 is 21.7 Å². The second kappa shape index (κ2) is 7.67. The van der Waals surface area contributed by atoms with E-state index in [1.54, 1.807) is 11.2 Å². The molecule has 1 fully saturated rings. The van der Waals surface area contributed by atoms with Crippen LogP contribution in [0.2, 0.25) is 0 Å². The molecule has 0 saturated carbocycles. The molecule has 0 bridgehead atoms. The molecule has 2 heterocycles. The number of anilines is 1. The van der Waals surface area contributed by atoms with Crippen LogP contribution < -0.4 is 5.32 Å². The zero-order chi connectivity index (χ0) is 20.5. The van der Waals surface area contributed by atoms with Crippen molar-refractivity contribution < 1.29 is 31.5 Å². The van der Waals surface area contributed by atoms with E-state index in [0.717, 1.165) is 19.4 Å². The number of aliphatic carboxylic acids is 1. The van der Waals surface area contributed by atoms with Crippen molar-refractivity contribution in [3.63, 3.8) is 0 Å². The van der Waals surface area contributed by atoms with Crippen LogP contribution in [-0.2, 0) is 20.2 Å². The largest absolute Gasteiger partial charge is 0.490 e. The third-order valence-electron chi connectivity index (χ3n) is 5.04. The maximum Gasteiger partial charge on any atom is 0.490 e. The highest BCUT2D eigenvalue weighted by atomic mass is 32.2. The number of carboxylic acid groups (broad SMARTS) is 1. The van der Waals surface area contributed by atoms with Crippen molar-refractivity contribution in [3.05, 3.63) is 29.3 Å². The Kier molecular flexibility index (Phi) is 6.10. The third-order valence-corrected chi connectivity index (χ3v) is 6.93. The number of nitrogens with zero attached hydrogens (tertiary/aromatic N) is 1. The molecular formula is C17H23F3N2O4S. The van der Waals surface area contributed by atoms with E-state index < -0.39 is 22.2 Å². The number of sulfonamides is 1. The Morgan fingerprint density at radius 1 is 1.30 bits per heavy atom. The summed E-state index contributed by atoms with van der Waals surface area (Å²) in [6.45, 7) is 6.06. The number of hydrogen-bond donors (Lipinski definition) is 2. The number of rotatable bonds is 2. The Balaban J connectivity index is 0.000000321. The van der Waals surface area contributed by atoms with Gasteiger partial charge in [0.1, 0.15) is 0 Å². The van der Waals surface area contributed by atoms with Crippen molar-refractivity contribution in [1.82, 2.24) is 4.31 Å². The molecule has 1 saturated heterocycles. The molecular weight excluding hydrogens is 385 g/mol. The van der Waals surface area contributed by atoms with Gasteiger partial charge in [-0.3, -0.25) is 0 Å². The number of carboxylic acids is 1. The first kappa shape index (κ1) is 21.5. The molecule has 1 aromatic rings. The minimum atomic E-state index is -5.08. The van der Waals surface area contributed by atoms with Crippen LogP contribution in [0, 0.1) is 6.92 Å². The molecule has 2 aliphatic rings. The SMILES string of the molecule is CCS(=O)(=O)N1CCC2(CC1)CNc1ccc(C)cc12.O=C(O)C(F)(F)F. The monoisotopic (exact) mass is 408 g/mol. The van der Waals surface area contributed by atoms with E-state index in [0.29, 0.717) is 13.1 Å². The second-order valence-electron chi connectivity index (χ2n) is 6.79. The van der Waals surface area contributed by atoms with Crippen LogP contribution in [0.1, 0.15) is 30.9 Å². The van der Waals surface area contributed by atoms with Gasteiger partial charge in [-0.15, -0.1) is 0 Å². The summed E-state index contributed by atoms with van der Waals surface area (Å²) < 4.78 is 57.3. The van der Waals surface area contributed by atoms with Crippen LogP contribution in [0.3, 0.4) is 0 Å². The van der Waals surface area contributed by atoms with Gasteiger partial charge in [0, 0.05) is 30.7 Å². The van der Waals surface area contributed by atoms with Crippen LogP contribution in [0.5, 0.6) is 0 Å². The molecule has 2 aliphatic heterocycles. The maximum atomic E-state index is 12.0. The number of hydrogen-bond acceptors (Lipinski definition) is 4. The van der Waals surface area contributed by atoms with Crippen LogP contribution in [0.4, 0.5) is 18.9 Å². The first-order valence-corrected chi connectivity index (χ1v) is 10.2. The van der Waals surface area contributed by atoms with Crippen molar-refractivity contribution in [1.29, 1.82) is 0 Å². The summed E-state index contributed by atoms with van der Waals surface area (Å²) in [6.07, 6.45) is -3.26. The van der Waals surface area contributed by atoms with Crippen molar-refractivity contribution in [3.8, 4) is 0 Å². The molecule has 0 aromatic heterocycles. The molecule has 1 spiro atoms. The van der Waals surface area contributed by atoms with Gasteiger partial charge in [0.25, 0.3) is 0 Å². The van der Waals surface area contributed by atoms with E-state index >= 15 is 0 Å². The lowest BCUT2D eigenvalue weighted by atomic mass is 9.74. The van der Waals surface area contributed by atoms with Crippen LogP contribution in [-0.4, -0.2) is 55.4 Å². The highest BCUT2D eigenvalue weighted by molar-refractivity contribution is 7.89. The van der Waals surface area contributed by atoms with Gasteiger partial charge in [-0.2, -0.15) is 13.2 Å². The lowest BCUT2D eigenvalue weighted by Crippen LogP contribution is -2.46. The molecule has 0 aliphatic carbocycles. The number of nitrogens with one attached hydrogen (secondary N) is 1. The van der Waals surface area contributed by atoms with Gasteiger partial charge in [-0.05, 0) is 38.3 Å². The fraction of sp³-hybridized carbons (Fsp3) is 0.588. The Labute approximate surface area is 156 Å². The van der Waals surface area contributed by atoms with E-state index in [-0.39, 0.29) is 11.2 Å². The maximum absolute atomic E-state index is 12.0. The predicted molar refractivity (Wildman–Crippen MR) is 95.3 cm³/mol. The van der Waals surface area contributed by atoms with Gasteiger partial charge < -0.3 is 10.4 Å². The zero-order valence-electron chi connectivity index (χ0n) is 15.1. The minimum Gasteiger partial charge on any atom is -0.475 e. The number of fused-ring (bicyclic) bond motifs is 2. The highest BCUT2D eigenvalue weighted by Crippen LogP contribution is 2.44. The van der Waals surface area contributed by atoms with Gasteiger partial charge in [0.2, 0.25) is 10.0 Å². The molecule has 0 atom stereocenters. The quantitative estimate of drug-likeness (QED) is 0.786. The summed E-state index contributed by atoms with van der Waals surface area (Å²) in [5, 5.41) is 10.6. The van der Waals surface area contributed by atoms with Crippen LogP contribution in [0.25, 0.3) is 0 Å². The summed E-state index contributed by atoms with van der Waals surface area (Å²) in [5.74, 6) is -2.55. The van der Waals surface area contributed by atoms with Gasteiger partial charge in [-0.25, -0.2) is 17.5 Å². The highest BCUT2D eigenvalue weighted by Gasteiger charge is 2.43. The normalized spacial score (nSPS) is 19.0. The standard InChI is InChI=1S/C15H22N2O2S.C2HF3O2/c1-3-20(18,19)17-8-6-15(7-9-17)11-16-14-5-4-12(2)10-13(14)15;3-2(4,5)1(6)7/h4-5,10,16H,3,6-9,11H2,1-2H3;(H,6,7). The number of carbonyl (C=O) groups is 1. The van der Waals surface area contributed by atoms with E-state index in [4.69, 9.17) is 9.90 Å². The predicted octanol–water partition coefficient (Wildman–Crippen LogP) is 2.74. The summed E-state index contributed by atoms with van der Waals surface area (Å²) in [4.78, 5) is 8.90. The molecule has 6 nitrogen and oxygen atoms in total. The topological polar surface area (TPSA) is 86.7 Å². The summed E-state index contributed by atoms with van der Waals surface area (Å²) in [6, 6.07) is 6.54. The number of alkyl halides is 3. The van der Waals surface area contributed by atoms with E-state index in [1.165, 1.54) is 16.8 Å². The minimum absolute atomic E-state index is 0.126. The molecule has 0 amide bonds. The van der Waals surface area contributed by atoms with Crippen molar-refractivity contribution in [2.75, 3.05) is 30.7 Å². The molecule has 0 unspecified atom stereocenters. The fourth-order valence-electron chi connectivity index (χ4n) is 3.43. The first-order valence-electron chi connectivity index (χ1n) is 8.54. The molecule has 0 radical (unpaired) electrons. The number of piperidine rings is 1. The number of halogens is 3. The van der Waals surface area contributed by atoms with E-state index in [2.05, 4.69) is 30.4 Å². The molecule has 3 rings (SSSR count). The van der Waals surface area contributed by atoms with E-state index in [1.807, 2.05) is 0 Å².